The van der Waals surface area contributed by atoms with E-state index >= 15 is 0 Å². The SMILES string of the molecule is CC1(C)[C@@H](N)[C@@H]1c1cc(F)ccc1Br. The predicted molar refractivity (Wildman–Crippen MR) is 58.6 cm³/mol. The van der Waals surface area contributed by atoms with Gasteiger partial charge in [-0.1, -0.05) is 29.8 Å². The third kappa shape index (κ3) is 1.39. The Morgan fingerprint density at radius 1 is 1.43 bits per heavy atom. The summed E-state index contributed by atoms with van der Waals surface area (Å²) in [5.41, 5.74) is 7.03. The van der Waals surface area contributed by atoms with Crippen LogP contribution in [0.15, 0.2) is 22.7 Å². The summed E-state index contributed by atoms with van der Waals surface area (Å²) in [6, 6.07) is 4.91. The fraction of sp³-hybridized carbons (Fsp3) is 0.455. The van der Waals surface area contributed by atoms with Crippen LogP contribution in [0, 0.1) is 11.2 Å². The standard InChI is InChI=1S/C11H13BrFN/c1-11(2)9(10(11)14)7-5-6(13)3-4-8(7)12/h3-5,9-10H,14H2,1-2H3/t9-,10-/m0/s1. The highest BCUT2D eigenvalue weighted by Crippen LogP contribution is 2.58. The highest BCUT2D eigenvalue weighted by atomic mass is 79.9. The molecule has 1 aromatic carbocycles. The molecule has 1 nitrogen and oxygen atoms in total. The first kappa shape index (κ1) is 10.1. The van der Waals surface area contributed by atoms with Crippen LogP contribution in [0.1, 0.15) is 25.3 Å². The van der Waals surface area contributed by atoms with Crippen molar-refractivity contribution in [3.05, 3.63) is 34.1 Å². The Balaban J connectivity index is 2.39. The van der Waals surface area contributed by atoms with E-state index in [1.165, 1.54) is 6.07 Å². The van der Waals surface area contributed by atoms with Crippen LogP contribution < -0.4 is 5.73 Å². The zero-order valence-electron chi connectivity index (χ0n) is 8.22. The number of benzene rings is 1. The summed E-state index contributed by atoms with van der Waals surface area (Å²) in [6.45, 7) is 4.22. The lowest BCUT2D eigenvalue weighted by atomic mass is 10.0. The summed E-state index contributed by atoms with van der Waals surface area (Å²) >= 11 is 3.43. The van der Waals surface area contributed by atoms with Crippen LogP contribution in [-0.2, 0) is 0 Å². The molecule has 1 aromatic rings. The summed E-state index contributed by atoms with van der Waals surface area (Å²) in [5.74, 6) is 0.0747. The second-order valence-corrected chi connectivity index (χ2v) is 5.34. The van der Waals surface area contributed by atoms with Crippen LogP contribution in [0.25, 0.3) is 0 Å². The van der Waals surface area contributed by atoms with Crippen molar-refractivity contribution in [1.29, 1.82) is 0 Å². The summed E-state index contributed by atoms with van der Waals surface area (Å²) in [5, 5.41) is 0. The first-order valence-corrected chi connectivity index (χ1v) is 5.44. The molecule has 2 N–H and O–H groups in total. The molecule has 0 aliphatic heterocycles. The molecule has 76 valence electrons. The summed E-state index contributed by atoms with van der Waals surface area (Å²) < 4.78 is 14.0. The van der Waals surface area contributed by atoms with Crippen LogP contribution in [0.4, 0.5) is 4.39 Å². The van der Waals surface area contributed by atoms with Crippen LogP contribution in [0.2, 0.25) is 0 Å². The van der Waals surface area contributed by atoms with E-state index in [1.807, 2.05) is 0 Å². The van der Waals surface area contributed by atoms with Gasteiger partial charge in [0.1, 0.15) is 5.82 Å². The molecule has 0 radical (unpaired) electrons. The minimum Gasteiger partial charge on any atom is -0.327 e. The minimum atomic E-state index is -0.196. The monoisotopic (exact) mass is 257 g/mol. The number of hydrogen-bond acceptors (Lipinski definition) is 1. The second kappa shape index (κ2) is 3.04. The van der Waals surface area contributed by atoms with E-state index in [1.54, 1.807) is 12.1 Å². The van der Waals surface area contributed by atoms with Crippen molar-refractivity contribution in [2.75, 3.05) is 0 Å². The molecule has 1 aliphatic carbocycles. The summed E-state index contributed by atoms with van der Waals surface area (Å²) in [4.78, 5) is 0. The number of rotatable bonds is 1. The molecule has 1 fully saturated rings. The molecule has 0 aromatic heterocycles. The fourth-order valence-electron chi connectivity index (χ4n) is 2.02. The lowest BCUT2D eigenvalue weighted by Gasteiger charge is -2.05. The first-order valence-electron chi connectivity index (χ1n) is 4.65. The van der Waals surface area contributed by atoms with Crippen molar-refractivity contribution in [2.24, 2.45) is 11.1 Å². The third-order valence-electron chi connectivity index (χ3n) is 3.20. The van der Waals surface area contributed by atoms with Gasteiger partial charge in [0, 0.05) is 16.4 Å². The van der Waals surface area contributed by atoms with Gasteiger partial charge in [0.05, 0.1) is 0 Å². The van der Waals surface area contributed by atoms with Crippen molar-refractivity contribution in [1.82, 2.24) is 0 Å². The molecule has 0 saturated heterocycles. The Morgan fingerprint density at radius 2 is 2.00 bits per heavy atom. The van der Waals surface area contributed by atoms with Gasteiger partial charge in [0.25, 0.3) is 0 Å². The fourth-order valence-corrected chi connectivity index (χ4v) is 2.52. The van der Waals surface area contributed by atoms with Gasteiger partial charge in [-0.3, -0.25) is 0 Å². The molecular formula is C11H13BrFN. The van der Waals surface area contributed by atoms with Crippen molar-refractivity contribution in [3.8, 4) is 0 Å². The lowest BCUT2D eigenvalue weighted by molar-refractivity contribution is 0.593. The van der Waals surface area contributed by atoms with E-state index in [4.69, 9.17) is 5.73 Å². The Morgan fingerprint density at radius 3 is 2.50 bits per heavy atom. The molecular weight excluding hydrogens is 245 g/mol. The smallest absolute Gasteiger partial charge is 0.123 e. The van der Waals surface area contributed by atoms with E-state index < -0.39 is 0 Å². The highest BCUT2D eigenvalue weighted by molar-refractivity contribution is 9.10. The molecule has 2 atom stereocenters. The van der Waals surface area contributed by atoms with Crippen LogP contribution in [0.5, 0.6) is 0 Å². The maximum Gasteiger partial charge on any atom is 0.123 e. The maximum absolute atomic E-state index is 13.1. The largest absolute Gasteiger partial charge is 0.327 e. The van der Waals surface area contributed by atoms with Crippen molar-refractivity contribution < 1.29 is 4.39 Å². The van der Waals surface area contributed by atoms with Gasteiger partial charge >= 0.3 is 0 Å². The maximum atomic E-state index is 13.1. The molecule has 0 heterocycles. The van der Waals surface area contributed by atoms with Gasteiger partial charge in [-0.25, -0.2) is 4.39 Å². The average Bonchev–Trinajstić information content (AvgIpc) is 2.58. The number of nitrogens with two attached hydrogens (primary N) is 1. The normalized spacial score (nSPS) is 28.9. The topological polar surface area (TPSA) is 26.0 Å². The summed E-state index contributed by atoms with van der Waals surface area (Å²) in [6.07, 6.45) is 0. The van der Waals surface area contributed by atoms with Crippen molar-refractivity contribution in [2.45, 2.75) is 25.8 Å². The third-order valence-corrected chi connectivity index (χ3v) is 3.93. The first-order chi connectivity index (χ1) is 6.44. The van der Waals surface area contributed by atoms with Gasteiger partial charge in [0.15, 0.2) is 0 Å². The Hall–Kier alpha value is -0.410. The zero-order chi connectivity index (χ0) is 10.5. The van der Waals surface area contributed by atoms with Crippen molar-refractivity contribution >= 4 is 15.9 Å². The van der Waals surface area contributed by atoms with Crippen LogP contribution in [0.3, 0.4) is 0 Å². The van der Waals surface area contributed by atoms with Crippen LogP contribution >= 0.6 is 15.9 Å². The molecule has 1 aliphatic rings. The summed E-state index contributed by atoms with van der Waals surface area (Å²) in [7, 11) is 0. The van der Waals surface area contributed by atoms with Gasteiger partial charge in [-0.05, 0) is 29.2 Å². The molecule has 3 heteroatoms. The van der Waals surface area contributed by atoms with Crippen molar-refractivity contribution in [3.63, 3.8) is 0 Å². The minimum absolute atomic E-state index is 0.0936. The zero-order valence-corrected chi connectivity index (χ0v) is 9.81. The van der Waals surface area contributed by atoms with Crippen LogP contribution in [-0.4, -0.2) is 6.04 Å². The molecule has 2 rings (SSSR count). The van der Waals surface area contributed by atoms with E-state index in [2.05, 4.69) is 29.8 Å². The van der Waals surface area contributed by atoms with E-state index in [-0.39, 0.29) is 23.2 Å². The van der Waals surface area contributed by atoms with Gasteiger partial charge in [-0.2, -0.15) is 0 Å². The lowest BCUT2D eigenvalue weighted by Crippen LogP contribution is -2.06. The number of halogens is 2. The second-order valence-electron chi connectivity index (χ2n) is 4.49. The molecule has 14 heavy (non-hydrogen) atoms. The number of hydrogen-bond donors (Lipinski definition) is 1. The molecule has 1 saturated carbocycles. The molecule has 0 spiro atoms. The molecule has 0 amide bonds. The highest BCUT2D eigenvalue weighted by Gasteiger charge is 2.56. The Labute approximate surface area is 91.6 Å². The Bertz CT molecular complexity index is 376. The van der Waals surface area contributed by atoms with Gasteiger partial charge in [-0.15, -0.1) is 0 Å². The van der Waals surface area contributed by atoms with Gasteiger partial charge < -0.3 is 5.73 Å². The van der Waals surface area contributed by atoms with E-state index in [9.17, 15) is 4.39 Å². The molecule has 0 bridgehead atoms. The van der Waals surface area contributed by atoms with E-state index in [0.717, 1.165) is 10.0 Å². The van der Waals surface area contributed by atoms with E-state index in [0.29, 0.717) is 0 Å². The predicted octanol–water partition coefficient (Wildman–Crippen LogP) is 3.04. The average molecular weight is 258 g/mol. The molecule has 0 unspecified atom stereocenters. The Kier molecular flexibility index (Phi) is 2.20. The van der Waals surface area contributed by atoms with Gasteiger partial charge in [0.2, 0.25) is 0 Å². The quantitative estimate of drug-likeness (QED) is 0.823.